The van der Waals surface area contributed by atoms with Crippen LogP contribution in [0.2, 0.25) is 0 Å². The highest BCUT2D eigenvalue weighted by Crippen LogP contribution is 2.22. The van der Waals surface area contributed by atoms with Gasteiger partial charge < -0.3 is 10.6 Å². The summed E-state index contributed by atoms with van der Waals surface area (Å²) in [5.74, 6) is 0.0587. The van der Waals surface area contributed by atoms with Crippen LogP contribution in [0.1, 0.15) is 37.1 Å². The minimum absolute atomic E-state index is 0.0231. The van der Waals surface area contributed by atoms with Crippen molar-refractivity contribution in [1.82, 2.24) is 5.32 Å². The van der Waals surface area contributed by atoms with Gasteiger partial charge in [-0.05, 0) is 30.2 Å². The Kier molecular flexibility index (Phi) is 5.46. The second kappa shape index (κ2) is 7.95. The van der Waals surface area contributed by atoms with Crippen LogP contribution in [0.3, 0.4) is 0 Å². The Hall–Kier alpha value is -2.65. The molecular formula is C22H25N2O+. The molecule has 128 valence electrons. The maximum atomic E-state index is 12.3. The number of hydrogen-bond acceptors (Lipinski definition) is 1. The Morgan fingerprint density at radius 3 is 2.40 bits per heavy atom. The Morgan fingerprint density at radius 2 is 1.60 bits per heavy atom. The van der Waals surface area contributed by atoms with Crippen molar-refractivity contribution in [1.29, 1.82) is 0 Å². The van der Waals surface area contributed by atoms with Crippen molar-refractivity contribution in [3.63, 3.8) is 0 Å². The van der Waals surface area contributed by atoms with Crippen molar-refractivity contribution < 1.29 is 10.1 Å². The van der Waals surface area contributed by atoms with Crippen LogP contribution >= 0.6 is 0 Å². The van der Waals surface area contributed by atoms with Crippen LogP contribution in [-0.2, 0) is 4.79 Å². The molecule has 1 amide bonds. The topological polar surface area (TPSA) is 45.7 Å². The van der Waals surface area contributed by atoms with Crippen molar-refractivity contribution in [2.45, 2.75) is 25.9 Å². The first kappa shape index (κ1) is 17.2. The summed E-state index contributed by atoms with van der Waals surface area (Å²) in [6.45, 7) is 4.58. The van der Waals surface area contributed by atoms with E-state index in [9.17, 15) is 4.79 Å². The summed E-state index contributed by atoms with van der Waals surface area (Å²) in [5.41, 5.74) is 2.39. The summed E-state index contributed by atoms with van der Waals surface area (Å²) >= 11 is 0. The molecule has 3 nitrogen and oxygen atoms in total. The van der Waals surface area contributed by atoms with Gasteiger partial charge in [0.05, 0.1) is 6.04 Å². The smallest absolute Gasteiger partial charge is 0.275 e. The fraction of sp³-hybridized carbons (Fsp3) is 0.227. The second-order valence-corrected chi connectivity index (χ2v) is 6.50. The van der Waals surface area contributed by atoms with E-state index < -0.39 is 0 Å². The number of carbonyl (C=O) groups excluding carboxylic acids is 1. The Morgan fingerprint density at radius 1 is 0.920 bits per heavy atom. The highest BCUT2D eigenvalue weighted by molar-refractivity contribution is 5.86. The number of fused-ring (bicyclic) bond motifs is 1. The molecule has 0 spiro atoms. The summed E-state index contributed by atoms with van der Waals surface area (Å²) in [5, 5.41) is 7.66. The first-order chi connectivity index (χ1) is 12.1. The lowest BCUT2D eigenvalue weighted by molar-refractivity contribution is -0.682. The van der Waals surface area contributed by atoms with Crippen molar-refractivity contribution in [2.24, 2.45) is 0 Å². The van der Waals surface area contributed by atoms with Gasteiger partial charge in [0.25, 0.3) is 5.91 Å². The van der Waals surface area contributed by atoms with Crippen molar-refractivity contribution in [2.75, 3.05) is 6.54 Å². The molecule has 3 N–H and O–H groups in total. The number of nitrogens with two attached hydrogens (primary N) is 1. The quantitative estimate of drug-likeness (QED) is 0.714. The zero-order valence-corrected chi connectivity index (χ0v) is 14.8. The minimum Gasteiger partial charge on any atom is -0.345 e. The molecule has 0 aliphatic rings. The third-order valence-electron chi connectivity index (χ3n) is 4.65. The molecule has 25 heavy (non-hydrogen) atoms. The fourth-order valence-corrected chi connectivity index (χ4v) is 3.18. The molecule has 0 aliphatic carbocycles. The largest absolute Gasteiger partial charge is 0.345 e. The van der Waals surface area contributed by atoms with E-state index in [1.54, 1.807) is 0 Å². The lowest BCUT2D eigenvalue weighted by Crippen LogP contribution is -2.87. The van der Waals surface area contributed by atoms with Gasteiger partial charge in [-0.2, -0.15) is 0 Å². The number of nitrogens with one attached hydrogen (secondary N) is 1. The highest BCUT2D eigenvalue weighted by Gasteiger charge is 2.15. The van der Waals surface area contributed by atoms with E-state index in [0.717, 1.165) is 5.56 Å². The first-order valence-corrected chi connectivity index (χ1v) is 8.80. The Labute approximate surface area is 149 Å². The van der Waals surface area contributed by atoms with Gasteiger partial charge in [-0.15, -0.1) is 0 Å². The summed E-state index contributed by atoms with van der Waals surface area (Å²) in [6, 6.07) is 25.0. The van der Waals surface area contributed by atoms with Crippen LogP contribution in [0, 0.1) is 0 Å². The number of rotatable bonds is 6. The molecule has 0 radical (unpaired) electrons. The van der Waals surface area contributed by atoms with Crippen LogP contribution < -0.4 is 10.6 Å². The standard InChI is InChI=1S/C22H24N2O/c1-16(18-9-4-3-5-10-18)24-22(25)15-23-17(2)20-14-8-12-19-11-6-7-13-21(19)20/h3-14,16-17,23H,15H2,1-2H3,(H,24,25)/p+1/t16-,17-/m0/s1. The third-order valence-corrected chi connectivity index (χ3v) is 4.65. The van der Waals surface area contributed by atoms with Gasteiger partial charge in [0.1, 0.15) is 6.04 Å². The lowest BCUT2D eigenvalue weighted by atomic mass is 10.00. The maximum absolute atomic E-state index is 12.3. The molecule has 0 aliphatic heterocycles. The van der Waals surface area contributed by atoms with Crippen molar-refractivity contribution in [3.8, 4) is 0 Å². The van der Waals surface area contributed by atoms with E-state index in [4.69, 9.17) is 0 Å². The maximum Gasteiger partial charge on any atom is 0.275 e. The zero-order chi connectivity index (χ0) is 17.6. The number of carbonyl (C=O) groups is 1. The van der Waals surface area contributed by atoms with Crippen LogP contribution in [0.25, 0.3) is 10.8 Å². The van der Waals surface area contributed by atoms with Gasteiger partial charge >= 0.3 is 0 Å². The Bertz CT molecular complexity index is 840. The van der Waals surface area contributed by atoms with E-state index in [0.29, 0.717) is 6.54 Å². The van der Waals surface area contributed by atoms with Crippen LogP contribution in [0.4, 0.5) is 0 Å². The number of amides is 1. The molecule has 2 atom stereocenters. The van der Waals surface area contributed by atoms with Gasteiger partial charge in [-0.1, -0.05) is 72.8 Å². The minimum atomic E-state index is 0.0231. The molecule has 0 saturated carbocycles. The molecular weight excluding hydrogens is 308 g/mol. The van der Waals surface area contributed by atoms with Crippen LogP contribution in [0.5, 0.6) is 0 Å². The molecule has 3 heteroatoms. The normalized spacial score (nSPS) is 13.4. The molecule has 0 saturated heterocycles. The third kappa shape index (κ3) is 4.25. The molecule has 0 aromatic heterocycles. The average Bonchev–Trinajstić information content (AvgIpc) is 2.66. The second-order valence-electron chi connectivity index (χ2n) is 6.50. The molecule has 0 bridgehead atoms. The predicted molar refractivity (Wildman–Crippen MR) is 102 cm³/mol. The highest BCUT2D eigenvalue weighted by atomic mass is 16.1. The number of quaternary nitrogens is 1. The molecule has 0 fully saturated rings. The van der Waals surface area contributed by atoms with Gasteiger partial charge in [0.2, 0.25) is 0 Å². The Balaban J connectivity index is 1.60. The summed E-state index contributed by atoms with van der Waals surface area (Å²) in [6.07, 6.45) is 0. The van der Waals surface area contributed by atoms with E-state index >= 15 is 0 Å². The lowest BCUT2D eigenvalue weighted by Gasteiger charge is -2.16. The average molecular weight is 333 g/mol. The summed E-state index contributed by atoms with van der Waals surface area (Å²) in [7, 11) is 0. The summed E-state index contributed by atoms with van der Waals surface area (Å²) in [4.78, 5) is 12.3. The monoisotopic (exact) mass is 333 g/mol. The van der Waals surface area contributed by atoms with Gasteiger partial charge in [0, 0.05) is 5.56 Å². The van der Waals surface area contributed by atoms with E-state index in [-0.39, 0.29) is 18.0 Å². The van der Waals surface area contributed by atoms with Gasteiger partial charge in [-0.25, -0.2) is 0 Å². The van der Waals surface area contributed by atoms with E-state index in [2.05, 4.69) is 60.0 Å². The molecule has 3 rings (SSSR count). The predicted octanol–water partition coefficient (Wildman–Crippen LogP) is 3.34. The zero-order valence-electron chi connectivity index (χ0n) is 14.8. The molecule has 3 aromatic carbocycles. The van der Waals surface area contributed by atoms with Crippen molar-refractivity contribution in [3.05, 3.63) is 83.9 Å². The molecule has 0 unspecified atom stereocenters. The van der Waals surface area contributed by atoms with Gasteiger partial charge in [-0.3, -0.25) is 4.79 Å². The molecule has 0 heterocycles. The van der Waals surface area contributed by atoms with Crippen molar-refractivity contribution >= 4 is 16.7 Å². The number of hydrogen-bond donors (Lipinski definition) is 2. The summed E-state index contributed by atoms with van der Waals surface area (Å²) < 4.78 is 0. The van der Waals surface area contributed by atoms with E-state index in [1.165, 1.54) is 16.3 Å². The van der Waals surface area contributed by atoms with Crippen LogP contribution in [0.15, 0.2) is 72.8 Å². The number of benzene rings is 3. The fourth-order valence-electron chi connectivity index (χ4n) is 3.18. The van der Waals surface area contributed by atoms with Gasteiger partial charge in [0.15, 0.2) is 6.54 Å². The first-order valence-electron chi connectivity index (χ1n) is 8.80. The van der Waals surface area contributed by atoms with E-state index in [1.807, 2.05) is 37.3 Å². The SMILES string of the molecule is C[C@H](NC(=O)C[NH2+][C@@H](C)c1cccc2ccccc12)c1ccccc1. The molecule has 3 aromatic rings. The van der Waals surface area contributed by atoms with Crippen LogP contribution in [-0.4, -0.2) is 12.5 Å².